The summed E-state index contributed by atoms with van der Waals surface area (Å²) < 4.78 is 7.39. The molecule has 1 N–H and O–H groups in total. The average Bonchev–Trinajstić information content (AvgIpc) is 3.15. The number of benzene rings is 1. The van der Waals surface area contributed by atoms with E-state index >= 15 is 0 Å². The number of hydrogen-bond donors (Lipinski definition) is 1. The van der Waals surface area contributed by atoms with Gasteiger partial charge in [-0.1, -0.05) is 24.3 Å². The fourth-order valence-electron chi connectivity index (χ4n) is 3.01. The summed E-state index contributed by atoms with van der Waals surface area (Å²) in [5, 5.41) is 3.38. The van der Waals surface area contributed by atoms with E-state index in [1.54, 1.807) is 20.4 Å². The Hall–Kier alpha value is -3.35. The van der Waals surface area contributed by atoms with Crippen LogP contribution in [0.4, 0.5) is 0 Å². The van der Waals surface area contributed by atoms with E-state index in [-0.39, 0.29) is 0 Å². The molecule has 2 aromatic heterocycles. The molecule has 0 saturated heterocycles. The number of aliphatic imine (C=N–C) groups is 1. The number of ether oxygens (including phenoxy) is 1. The third-order valence-electron chi connectivity index (χ3n) is 4.51. The third kappa shape index (κ3) is 4.49. The van der Waals surface area contributed by atoms with Crippen molar-refractivity contribution in [1.29, 1.82) is 0 Å². The van der Waals surface area contributed by atoms with Crippen LogP contribution < -0.4 is 10.1 Å². The first-order valence-electron chi connectivity index (χ1n) is 9.11. The second kappa shape index (κ2) is 9.03. The van der Waals surface area contributed by atoms with Crippen LogP contribution in [0.1, 0.15) is 17.0 Å². The lowest BCUT2D eigenvalue weighted by molar-refractivity contribution is 0.396. The first-order valence-corrected chi connectivity index (χ1v) is 9.11. The van der Waals surface area contributed by atoms with Crippen molar-refractivity contribution in [3.8, 4) is 11.6 Å². The van der Waals surface area contributed by atoms with Crippen LogP contribution in [0.3, 0.4) is 0 Å². The molecule has 28 heavy (non-hydrogen) atoms. The zero-order valence-corrected chi connectivity index (χ0v) is 16.8. The van der Waals surface area contributed by atoms with Crippen molar-refractivity contribution < 1.29 is 4.74 Å². The summed E-state index contributed by atoms with van der Waals surface area (Å²) in [4.78, 5) is 15.2. The van der Waals surface area contributed by atoms with Crippen molar-refractivity contribution in [3.05, 3.63) is 71.9 Å². The van der Waals surface area contributed by atoms with Gasteiger partial charge in [0.05, 0.1) is 7.11 Å². The molecular formula is C21H26N6O. The van der Waals surface area contributed by atoms with E-state index < -0.39 is 0 Å². The molecule has 0 aliphatic heterocycles. The predicted molar refractivity (Wildman–Crippen MR) is 111 cm³/mol. The average molecular weight is 378 g/mol. The van der Waals surface area contributed by atoms with E-state index in [1.165, 1.54) is 0 Å². The summed E-state index contributed by atoms with van der Waals surface area (Å²) in [6, 6.07) is 12.1. The van der Waals surface area contributed by atoms with Crippen molar-refractivity contribution >= 4 is 5.96 Å². The molecule has 3 rings (SSSR count). The number of nitrogens with one attached hydrogen (secondary N) is 1. The Balaban J connectivity index is 1.61. The maximum Gasteiger partial charge on any atom is 0.193 e. The number of rotatable bonds is 6. The molecule has 7 heteroatoms. The Morgan fingerprint density at radius 2 is 2.04 bits per heavy atom. The van der Waals surface area contributed by atoms with Gasteiger partial charge in [-0.2, -0.15) is 0 Å². The summed E-state index contributed by atoms with van der Waals surface area (Å²) in [7, 11) is 5.48. The van der Waals surface area contributed by atoms with Crippen molar-refractivity contribution in [2.24, 2.45) is 4.99 Å². The number of aryl methyl sites for hydroxylation is 1. The van der Waals surface area contributed by atoms with Crippen molar-refractivity contribution in [1.82, 2.24) is 24.8 Å². The van der Waals surface area contributed by atoms with Gasteiger partial charge >= 0.3 is 0 Å². The lowest BCUT2D eigenvalue weighted by Gasteiger charge is -2.23. The zero-order chi connectivity index (χ0) is 19.9. The molecule has 1 aromatic carbocycles. The summed E-state index contributed by atoms with van der Waals surface area (Å²) in [5.74, 6) is 3.45. The SMILES string of the molecule is CN=C(NCc1ccc(-n2ccnc2C)nc1)N(C)Cc1ccccc1OC. The number of pyridine rings is 1. The highest BCUT2D eigenvalue weighted by molar-refractivity contribution is 5.79. The molecule has 2 heterocycles. The van der Waals surface area contributed by atoms with Crippen LogP contribution in [0, 0.1) is 6.92 Å². The number of imidazole rings is 1. The second-order valence-electron chi connectivity index (χ2n) is 6.44. The first kappa shape index (κ1) is 19.4. The maximum absolute atomic E-state index is 5.44. The number of para-hydroxylation sites is 1. The van der Waals surface area contributed by atoms with Crippen LogP contribution in [0.25, 0.3) is 5.82 Å². The van der Waals surface area contributed by atoms with Gasteiger partial charge in [-0.3, -0.25) is 9.56 Å². The minimum atomic E-state index is 0.638. The normalized spacial score (nSPS) is 11.4. The van der Waals surface area contributed by atoms with Gasteiger partial charge in [-0.15, -0.1) is 0 Å². The fraction of sp³-hybridized carbons (Fsp3) is 0.286. The largest absolute Gasteiger partial charge is 0.496 e. The van der Waals surface area contributed by atoms with Gasteiger partial charge < -0.3 is 15.0 Å². The Bertz CT molecular complexity index is 932. The molecule has 0 saturated carbocycles. The number of guanidine groups is 1. The lowest BCUT2D eigenvalue weighted by Crippen LogP contribution is -2.38. The first-order chi connectivity index (χ1) is 13.6. The molecular weight excluding hydrogens is 352 g/mol. The Kier molecular flexibility index (Phi) is 6.26. The summed E-state index contributed by atoms with van der Waals surface area (Å²) >= 11 is 0. The van der Waals surface area contributed by atoms with Crippen LogP contribution in [-0.4, -0.2) is 46.6 Å². The Morgan fingerprint density at radius 3 is 2.68 bits per heavy atom. The molecule has 0 radical (unpaired) electrons. The monoisotopic (exact) mass is 378 g/mol. The standard InChI is InChI=1S/C21H26N6O/c1-16-23-11-12-27(16)20-10-9-17(13-24-20)14-25-21(22-2)26(3)15-18-7-5-6-8-19(18)28-4/h5-13H,14-15H2,1-4H3,(H,22,25). The van der Waals surface area contributed by atoms with Gasteiger partial charge in [0.25, 0.3) is 0 Å². The smallest absolute Gasteiger partial charge is 0.193 e. The topological polar surface area (TPSA) is 67.6 Å². The highest BCUT2D eigenvalue weighted by atomic mass is 16.5. The molecule has 0 atom stereocenters. The van der Waals surface area contributed by atoms with Crippen molar-refractivity contribution in [2.75, 3.05) is 21.2 Å². The van der Waals surface area contributed by atoms with E-state index in [0.29, 0.717) is 13.1 Å². The number of hydrogen-bond acceptors (Lipinski definition) is 4. The van der Waals surface area contributed by atoms with Crippen LogP contribution in [0.2, 0.25) is 0 Å². The molecule has 0 amide bonds. The van der Waals surface area contributed by atoms with Gasteiger partial charge in [0, 0.05) is 51.3 Å². The molecule has 7 nitrogen and oxygen atoms in total. The molecule has 0 bridgehead atoms. The quantitative estimate of drug-likeness (QED) is 0.528. The van der Waals surface area contributed by atoms with Gasteiger partial charge in [0.1, 0.15) is 17.4 Å². The molecule has 3 aromatic rings. The second-order valence-corrected chi connectivity index (χ2v) is 6.44. The summed E-state index contributed by atoms with van der Waals surface area (Å²) in [5.41, 5.74) is 2.19. The minimum absolute atomic E-state index is 0.638. The van der Waals surface area contributed by atoms with Crippen LogP contribution in [0.15, 0.2) is 60.0 Å². The van der Waals surface area contributed by atoms with Crippen LogP contribution in [0.5, 0.6) is 5.75 Å². The van der Waals surface area contributed by atoms with Gasteiger partial charge in [-0.25, -0.2) is 9.97 Å². The molecule has 0 unspecified atom stereocenters. The molecule has 0 spiro atoms. The molecule has 0 aliphatic carbocycles. The van der Waals surface area contributed by atoms with E-state index in [0.717, 1.165) is 34.5 Å². The predicted octanol–water partition coefficient (Wildman–Crippen LogP) is 2.79. The maximum atomic E-state index is 5.44. The van der Waals surface area contributed by atoms with E-state index in [1.807, 2.05) is 55.2 Å². The fourth-order valence-corrected chi connectivity index (χ4v) is 3.01. The van der Waals surface area contributed by atoms with Gasteiger partial charge in [0.2, 0.25) is 0 Å². The summed E-state index contributed by atoms with van der Waals surface area (Å²) in [6.07, 6.45) is 5.55. The summed E-state index contributed by atoms with van der Waals surface area (Å²) in [6.45, 7) is 3.29. The lowest BCUT2D eigenvalue weighted by atomic mass is 10.2. The highest BCUT2D eigenvalue weighted by Gasteiger charge is 2.10. The Labute approximate surface area is 165 Å². The third-order valence-corrected chi connectivity index (χ3v) is 4.51. The van der Waals surface area contributed by atoms with E-state index in [4.69, 9.17) is 4.74 Å². The van der Waals surface area contributed by atoms with Crippen LogP contribution >= 0.6 is 0 Å². The minimum Gasteiger partial charge on any atom is -0.496 e. The highest BCUT2D eigenvalue weighted by Crippen LogP contribution is 2.18. The van der Waals surface area contributed by atoms with Crippen molar-refractivity contribution in [3.63, 3.8) is 0 Å². The van der Waals surface area contributed by atoms with Gasteiger partial charge in [-0.05, 0) is 24.6 Å². The molecule has 146 valence electrons. The number of nitrogens with zero attached hydrogens (tertiary/aromatic N) is 5. The number of aromatic nitrogens is 3. The molecule has 0 fully saturated rings. The number of methoxy groups -OCH3 is 1. The van der Waals surface area contributed by atoms with Gasteiger partial charge in [0.15, 0.2) is 5.96 Å². The van der Waals surface area contributed by atoms with E-state index in [9.17, 15) is 0 Å². The molecule has 0 aliphatic rings. The zero-order valence-electron chi connectivity index (χ0n) is 16.8. The van der Waals surface area contributed by atoms with Crippen molar-refractivity contribution in [2.45, 2.75) is 20.0 Å². The van der Waals surface area contributed by atoms with E-state index in [2.05, 4.69) is 37.3 Å². The van der Waals surface area contributed by atoms with Crippen LogP contribution in [-0.2, 0) is 13.1 Å². The Morgan fingerprint density at radius 1 is 1.21 bits per heavy atom.